The number of benzene rings is 1. The minimum Gasteiger partial charge on any atom is -0.543 e. The first-order valence-electron chi connectivity index (χ1n) is 13.8. The second-order valence-electron chi connectivity index (χ2n) is 11.5. The largest absolute Gasteiger partial charge is 0.543 e. The van der Waals surface area contributed by atoms with Crippen molar-refractivity contribution in [3.05, 3.63) is 34.5 Å². The monoisotopic (exact) mass is 592 g/mol. The number of rotatable bonds is 7. The van der Waals surface area contributed by atoms with Gasteiger partial charge >= 0.3 is 5.97 Å². The smallest absolute Gasteiger partial charge is 0.338 e. The second-order valence-corrected chi connectivity index (χ2v) is 17.1. The van der Waals surface area contributed by atoms with Gasteiger partial charge in [0.2, 0.25) is 11.8 Å². The number of carbonyl (C=O) groups excluding carboxylic acids is 2. The molecule has 1 aromatic carbocycles. The lowest BCUT2D eigenvalue weighted by molar-refractivity contribution is -0.122. The van der Waals surface area contributed by atoms with Gasteiger partial charge in [-0.1, -0.05) is 32.9 Å². The van der Waals surface area contributed by atoms with E-state index in [1.165, 1.54) is 11.8 Å². The Morgan fingerprint density at radius 3 is 2.60 bits per heavy atom. The van der Waals surface area contributed by atoms with E-state index in [1.807, 2.05) is 13.0 Å². The van der Waals surface area contributed by atoms with Crippen molar-refractivity contribution in [1.82, 2.24) is 15.5 Å². The number of fused-ring (bicyclic) bond motifs is 1. The lowest BCUT2D eigenvalue weighted by Crippen LogP contribution is -2.48. The average Bonchev–Trinajstić information content (AvgIpc) is 3.37. The van der Waals surface area contributed by atoms with Crippen LogP contribution in [0.5, 0.6) is 11.5 Å². The van der Waals surface area contributed by atoms with Gasteiger partial charge in [0.1, 0.15) is 17.5 Å². The van der Waals surface area contributed by atoms with Crippen molar-refractivity contribution < 1.29 is 28.0 Å². The molecule has 0 unspecified atom stereocenters. The molecule has 1 atom stereocenters. The fourth-order valence-corrected chi connectivity index (χ4v) is 7.90. The molecule has 222 valence electrons. The Hall–Kier alpha value is -2.57. The number of hydrogen-bond donors (Lipinski definition) is 2. The lowest BCUT2D eigenvalue weighted by atomic mass is 9.99. The molecule has 1 aliphatic heterocycles. The fraction of sp³-hybridized carbons (Fsp3) is 0.643. The van der Waals surface area contributed by atoms with Crippen LogP contribution in [0.4, 0.5) is 0 Å². The molecule has 0 saturated heterocycles. The second kappa shape index (κ2) is 13.4. The van der Waals surface area contributed by atoms with Crippen LogP contribution in [0.25, 0.3) is 0 Å². The topological polar surface area (TPSA) is 139 Å². The van der Waals surface area contributed by atoms with E-state index in [0.717, 1.165) is 5.56 Å². The van der Waals surface area contributed by atoms with Crippen molar-refractivity contribution in [3.8, 4) is 11.5 Å². The van der Waals surface area contributed by atoms with E-state index in [9.17, 15) is 9.59 Å². The Kier molecular flexibility index (Phi) is 10.7. The van der Waals surface area contributed by atoms with Gasteiger partial charge < -0.3 is 29.5 Å². The van der Waals surface area contributed by atoms with E-state index in [1.54, 1.807) is 7.11 Å². The van der Waals surface area contributed by atoms with Gasteiger partial charge in [-0.25, -0.2) is 4.79 Å². The first-order valence-corrected chi connectivity index (χ1v) is 17.8. The van der Waals surface area contributed by atoms with Gasteiger partial charge in [0.25, 0.3) is 8.32 Å². The molecule has 12 heteroatoms. The number of nitrogens with two attached hydrogens (primary N) is 1. The summed E-state index contributed by atoms with van der Waals surface area (Å²) >= 11 is 1.54. The molecule has 3 rings (SSSR count). The summed E-state index contributed by atoms with van der Waals surface area (Å²) in [5, 5.41) is 6.87. The zero-order chi connectivity index (χ0) is 29.7. The van der Waals surface area contributed by atoms with Crippen LogP contribution in [0.1, 0.15) is 86.2 Å². The molecule has 1 aromatic heterocycles. The van der Waals surface area contributed by atoms with Crippen molar-refractivity contribution in [2.24, 2.45) is 11.7 Å². The standard InChI is InChI=1S/C28H44N4O6SSi/c1-17(2)28(4,5)40(7,8)38-22-13-21(35-6)18(3)25-19(22)15-39-16-20(26-31-23(14-29)32-37-26)30-24(33)11-9-10-12-36-27(25)34/h13,17,20H,9-12,14-16,29H2,1-8H3,(H,30,33)/t20-/m0/s1. The third kappa shape index (κ3) is 7.19. The molecule has 3 N–H and O–H groups in total. The summed E-state index contributed by atoms with van der Waals surface area (Å²) in [6, 6.07) is 1.39. The van der Waals surface area contributed by atoms with Gasteiger partial charge in [-0.3, -0.25) is 4.79 Å². The summed E-state index contributed by atoms with van der Waals surface area (Å²) in [6.45, 7) is 15.5. The molecule has 1 aliphatic rings. The Bertz CT molecular complexity index is 1200. The number of carbonyl (C=O) groups is 2. The highest BCUT2D eigenvalue weighted by atomic mass is 32.2. The highest BCUT2D eigenvalue weighted by Gasteiger charge is 2.45. The third-order valence-corrected chi connectivity index (χ3v) is 13.7. The predicted octanol–water partition coefficient (Wildman–Crippen LogP) is 5.30. The summed E-state index contributed by atoms with van der Waals surface area (Å²) in [5.74, 6) is 2.61. The SMILES string of the molecule is COc1cc(O[Si](C)(C)C(C)(C)C(C)C)c2c(c1C)C(=O)OCCCCC(=O)N[C@H](c1nc(CN)no1)CSC2. The van der Waals surface area contributed by atoms with Gasteiger partial charge in [0.15, 0.2) is 5.82 Å². The van der Waals surface area contributed by atoms with Crippen LogP contribution in [0, 0.1) is 12.8 Å². The number of methoxy groups -OCH3 is 1. The highest BCUT2D eigenvalue weighted by Crippen LogP contribution is 2.47. The zero-order valence-electron chi connectivity index (χ0n) is 25.0. The maximum atomic E-state index is 13.5. The fourth-order valence-electron chi connectivity index (χ4n) is 4.45. The molecule has 2 heterocycles. The number of hydrogen-bond acceptors (Lipinski definition) is 10. The van der Waals surface area contributed by atoms with Crippen LogP contribution < -0.4 is 20.2 Å². The molecule has 0 radical (unpaired) electrons. The molecule has 10 nitrogen and oxygen atoms in total. The molecular weight excluding hydrogens is 548 g/mol. The number of esters is 1. The number of cyclic esters (lactones) is 1. The molecular formula is C28H44N4O6SSi. The highest BCUT2D eigenvalue weighted by molar-refractivity contribution is 7.98. The predicted molar refractivity (Wildman–Crippen MR) is 158 cm³/mol. The van der Waals surface area contributed by atoms with Crippen LogP contribution >= 0.6 is 11.8 Å². The minimum absolute atomic E-state index is 0.0543. The zero-order valence-corrected chi connectivity index (χ0v) is 26.8. The molecule has 1 amide bonds. The van der Waals surface area contributed by atoms with E-state index in [0.29, 0.717) is 71.0 Å². The Balaban J connectivity index is 2.07. The van der Waals surface area contributed by atoms with Crippen LogP contribution in [0.2, 0.25) is 18.1 Å². The molecule has 0 fully saturated rings. The summed E-state index contributed by atoms with van der Waals surface area (Å²) in [5.41, 5.74) is 7.60. The summed E-state index contributed by atoms with van der Waals surface area (Å²) < 4.78 is 23.7. The van der Waals surface area contributed by atoms with E-state index < -0.39 is 20.3 Å². The van der Waals surface area contributed by atoms with Crippen LogP contribution in [0.3, 0.4) is 0 Å². The van der Waals surface area contributed by atoms with E-state index in [4.69, 9.17) is 24.2 Å². The van der Waals surface area contributed by atoms with Gasteiger partial charge in [-0.15, -0.1) is 0 Å². The molecule has 0 saturated carbocycles. The van der Waals surface area contributed by atoms with E-state index in [2.05, 4.69) is 56.2 Å². The van der Waals surface area contributed by atoms with Crippen LogP contribution in [-0.2, 0) is 21.8 Å². The average molecular weight is 593 g/mol. The van der Waals surface area contributed by atoms with Crippen LogP contribution in [-0.4, -0.2) is 49.8 Å². The maximum Gasteiger partial charge on any atom is 0.338 e. The summed E-state index contributed by atoms with van der Waals surface area (Å²) in [7, 11) is -0.756. The van der Waals surface area contributed by atoms with Crippen molar-refractivity contribution >= 4 is 32.0 Å². The molecule has 0 bridgehead atoms. The summed E-state index contributed by atoms with van der Waals surface area (Å²) in [6.07, 6.45) is 1.42. The number of nitrogens with zero attached hydrogens (tertiary/aromatic N) is 2. The van der Waals surface area contributed by atoms with Crippen molar-refractivity contribution in [2.45, 2.75) is 90.4 Å². The van der Waals surface area contributed by atoms with Crippen molar-refractivity contribution in [3.63, 3.8) is 0 Å². The lowest BCUT2D eigenvalue weighted by Gasteiger charge is -2.43. The van der Waals surface area contributed by atoms with Gasteiger partial charge in [0, 0.05) is 35.1 Å². The third-order valence-electron chi connectivity index (χ3n) is 8.25. The Morgan fingerprint density at radius 2 is 1.98 bits per heavy atom. The molecule has 0 aliphatic carbocycles. The minimum atomic E-state index is -2.35. The van der Waals surface area contributed by atoms with E-state index >= 15 is 0 Å². The van der Waals surface area contributed by atoms with Crippen molar-refractivity contribution in [2.75, 3.05) is 19.5 Å². The molecule has 0 spiro atoms. The number of amides is 1. The number of ether oxygens (including phenoxy) is 2. The maximum absolute atomic E-state index is 13.5. The number of nitrogens with one attached hydrogen (secondary N) is 1. The van der Waals surface area contributed by atoms with Gasteiger partial charge in [-0.2, -0.15) is 16.7 Å². The first kappa shape index (κ1) is 31.9. The van der Waals surface area contributed by atoms with Crippen LogP contribution in [0.15, 0.2) is 10.6 Å². The van der Waals surface area contributed by atoms with Gasteiger partial charge in [0.05, 0.1) is 25.8 Å². The normalized spacial score (nSPS) is 18.0. The molecule has 2 aromatic rings. The molecule has 40 heavy (non-hydrogen) atoms. The quantitative estimate of drug-likeness (QED) is 0.322. The van der Waals surface area contributed by atoms with Gasteiger partial charge in [-0.05, 0) is 43.8 Å². The van der Waals surface area contributed by atoms with Crippen molar-refractivity contribution in [1.29, 1.82) is 0 Å². The number of thioether (sulfide) groups is 1. The Morgan fingerprint density at radius 1 is 1.25 bits per heavy atom. The van der Waals surface area contributed by atoms with E-state index in [-0.39, 0.29) is 24.1 Å². The summed E-state index contributed by atoms with van der Waals surface area (Å²) in [4.78, 5) is 30.5. The Labute approximate surface area is 242 Å². The number of aromatic nitrogens is 2. The first-order chi connectivity index (χ1) is 18.8.